The summed E-state index contributed by atoms with van der Waals surface area (Å²) in [5, 5.41) is 19.7. The smallest absolute Gasteiger partial charge is 0.316 e. The van der Waals surface area contributed by atoms with Gasteiger partial charge in [0, 0.05) is 6.20 Å². The molecule has 13 heavy (non-hydrogen) atoms. The standard InChI is InChI=1S/C7H9N3O3/c1-4(11)5-2-3-9-7(8)6(5)10(12)13/h2-4,11H,1H3,(H2,8,9). The molecule has 0 aliphatic heterocycles. The molecule has 1 heterocycles. The van der Waals surface area contributed by atoms with E-state index >= 15 is 0 Å². The van der Waals surface area contributed by atoms with Crippen molar-refractivity contribution in [1.82, 2.24) is 4.98 Å². The third-order valence-electron chi connectivity index (χ3n) is 1.62. The van der Waals surface area contributed by atoms with Gasteiger partial charge >= 0.3 is 5.69 Å². The summed E-state index contributed by atoms with van der Waals surface area (Å²) >= 11 is 0. The average Bonchev–Trinajstić information content (AvgIpc) is 2.02. The van der Waals surface area contributed by atoms with E-state index in [-0.39, 0.29) is 17.1 Å². The van der Waals surface area contributed by atoms with Gasteiger partial charge < -0.3 is 10.8 Å². The van der Waals surface area contributed by atoms with Crippen molar-refractivity contribution in [3.8, 4) is 0 Å². The fourth-order valence-electron chi connectivity index (χ4n) is 1.02. The van der Waals surface area contributed by atoms with Crippen LogP contribution in [0.15, 0.2) is 12.3 Å². The Hall–Kier alpha value is -1.69. The predicted molar refractivity (Wildman–Crippen MR) is 45.9 cm³/mol. The minimum atomic E-state index is -0.925. The van der Waals surface area contributed by atoms with Gasteiger partial charge in [0.2, 0.25) is 5.82 Å². The molecule has 70 valence electrons. The monoisotopic (exact) mass is 183 g/mol. The van der Waals surface area contributed by atoms with Gasteiger partial charge in [0.1, 0.15) is 0 Å². The number of nitrogens with zero attached hydrogens (tertiary/aromatic N) is 2. The second-order valence-electron chi connectivity index (χ2n) is 2.57. The first-order valence-corrected chi connectivity index (χ1v) is 3.61. The number of hydrogen-bond acceptors (Lipinski definition) is 5. The summed E-state index contributed by atoms with van der Waals surface area (Å²) in [5.41, 5.74) is 5.15. The second-order valence-corrected chi connectivity index (χ2v) is 2.57. The van der Waals surface area contributed by atoms with Crippen LogP contribution in [0.3, 0.4) is 0 Å². The molecule has 0 fully saturated rings. The van der Waals surface area contributed by atoms with Crippen LogP contribution in [0.1, 0.15) is 18.6 Å². The number of pyridine rings is 1. The Bertz CT molecular complexity index is 338. The lowest BCUT2D eigenvalue weighted by Gasteiger charge is -2.05. The molecule has 1 rings (SSSR count). The van der Waals surface area contributed by atoms with Crippen molar-refractivity contribution in [3.05, 3.63) is 27.9 Å². The Labute approximate surface area is 74.2 Å². The molecule has 1 aromatic rings. The van der Waals surface area contributed by atoms with Gasteiger partial charge in [0.25, 0.3) is 0 Å². The normalized spacial score (nSPS) is 12.5. The lowest BCUT2D eigenvalue weighted by molar-refractivity contribution is -0.385. The molecule has 1 aromatic heterocycles. The number of aliphatic hydroxyl groups excluding tert-OH is 1. The van der Waals surface area contributed by atoms with E-state index in [0.29, 0.717) is 0 Å². The van der Waals surface area contributed by atoms with E-state index in [1.54, 1.807) is 0 Å². The molecule has 0 spiro atoms. The van der Waals surface area contributed by atoms with E-state index in [1.807, 2.05) is 0 Å². The van der Waals surface area contributed by atoms with Crippen LogP contribution < -0.4 is 5.73 Å². The Morgan fingerprint density at radius 3 is 2.77 bits per heavy atom. The summed E-state index contributed by atoms with van der Waals surface area (Å²) in [5.74, 6) is -0.177. The number of nitrogen functional groups attached to an aromatic ring is 1. The largest absolute Gasteiger partial charge is 0.388 e. The van der Waals surface area contributed by atoms with Crippen molar-refractivity contribution < 1.29 is 10.0 Å². The Balaban J connectivity index is 3.34. The topological polar surface area (TPSA) is 102 Å². The minimum Gasteiger partial charge on any atom is -0.388 e. The average molecular weight is 183 g/mol. The zero-order valence-corrected chi connectivity index (χ0v) is 6.97. The van der Waals surface area contributed by atoms with Crippen molar-refractivity contribution >= 4 is 11.5 Å². The van der Waals surface area contributed by atoms with Gasteiger partial charge in [-0.1, -0.05) is 0 Å². The maximum absolute atomic E-state index is 10.5. The summed E-state index contributed by atoms with van der Waals surface area (Å²) in [4.78, 5) is 13.4. The van der Waals surface area contributed by atoms with Crippen molar-refractivity contribution in [2.75, 3.05) is 5.73 Å². The molecule has 0 bridgehead atoms. The highest BCUT2D eigenvalue weighted by Gasteiger charge is 2.21. The number of nitrogens with two attached hydrogens (primary N) is 1. The van der Waals surface area contributed by atoms with Gasteiger partial charge in [-0.2, -0.15) is 0 Å². The first kappa shape index (κ1) is 9.40. The van der Waals surface area contributed by atoms with Crippen LogP contribution in [-0.2, 0) is 0 Å². The van der Waals surface area contributed by atoms with Gasteiger partial charge in [-0.3, -0.25) is 10.1 Å². The third-order valence-corrected chi connectivity index (χ3v) is 1.62. The van der Waals surface area contributed by atoms with Crippen LogP contribution in [0, 0.1) is 10.1 Å². The van der Waals surface area contributed by atoms with Crippen LogP contribution in [0.2, 0.25) is 0 Å². The molecule has 0 aliphatic rings. The predicted octanol–water partition coefficient (Wildman–Crippen LogP) is 0.625. The van der Waals surface area contributed by atoms with Gasteiger partial charge in [-0.15, -0.1) is 0 Å². The summed E-state index contributed by atoms with van der Waals surface area (Å²) in [6.07, 6.45) is 0.399. The quantitative estimate of drug-likeness (QED) is 0.517. The van der Waals surface area contributed by atoms with E-state index in [4.69, 9.17) is 5.73 Å². The van der Waals surface area contributed by atoms with Gasteiger partial charge in [-0.25, -0.2) is 4.98 Å². The fraction of sp³-hybridized carbons (Fsp3) is 0.286. The maximum atomic E-state index is 10.5. The van der Waals surface area contributed by atoms with Crippen LogP contribution in [-0.4, -0.2) is 15.0 Å². The lowest BCUT2D eigenvalue weighted by atomic mass is 10.1. The van der Waals surface area contributed by atoms with Gasteiger partial charge in [0.15, 0.2) is 0 Å². The number of aromatic nitrogens is 1. The molecule has 0 radical (unpaired) electrons. The molecule has 0 aromatic carbocycles. The van der Waals surface area contributed by atoms with E-state index in [1.165, 1.54) is 19.2 Å². The first-order chi connectivity index (χ1) is 6.04. The number of anilines is 1. The highest BCUT2D eigenvalue weighted by Crippen LogP contribution is 2.28. The van der Waals surface area contributed by atoms with Gasteiger partial charge in [0.05, 0.1) is 16.6 Å². The Kier molecular flexibility index (Phi) is 2.43. The van der Waals surface area contributed by atoms with Crippen molar-refractivity contribution in [3.63, 3.8) is 0 Å². The molecular formula is C7H9N3O3. The van der Waals surface area contributed by atoms with E-state index in [2.05, 4.69) is 4.98 Å². The van der Waals surface area contributed by atoms with E-state index in [0.717, 1.165) is 0 Å². The molecular weight excluding hydrogens is 174 g/mol. The van der Waals surface area contributed by atoms with E-state index < -0.39 is 11.0 Å². The molecule has 0 saturated carbocycles. The molecule has 6 heteroatoms. The van der Waals surface area contributed by atoms with Gasteiger partial charge in [-0.05, 0) is 13.0 Å². The highest BCUT2D eigenvalue weighted by atomic mass is 16.6. The lowest BCUT2D eigenvalue weighted by Crippen LogP contribution is -2.04. The Morgan fingerprint density at radius 2 is 2.38 bits per heavy atom. The van der Waals surface area contributed by atoms with Crippen LogP contribution in [0.5, 0.6) is 0 Å². The molecule has 0 aliphatic carbocycles. The first-order valence-electron chi connectivity index (χ1n) is 3.61. The van der Waals surface area contributed by atoms with Crippen molar-refractivity contribution in [2.24, 2.45) is 0 Å². The van der Waals surface area contributed by atoms with Crippen LogP contribution in [0.4, 0.5) is 11.5 Å². The second kappa shape index (κ2) is 3.36. The fourth-order valence-corrected chi connectivity index (χ4v) is 1.02. The molecule has 0 saturated heterocycles. The Morgan fingerprint density at radius 1 is 1.77 bits per heavy atom. The SMILES string of the molecule is CC(O)c1ccnc(N)c1[N+](=O)[O-]. The van der Waals surface area contributed by atoms with Crippen molar-refractivity contribution in [1.29, 1.82) is 0 Å². The summed E-state index contributed by atoms with van der Waals surface area (Å²) < 4.78 is 0. The highest BCUT2D eigenvalue weighted by molar-refractivity contribution is 5.57. The summed E-state index contributed by atoms with van der Waals surface area (Å²) in [6.45, 7) is 1.43. The van der Waals surface area contributed by atoms with Crippen LogP contribution in [0.25, 0.3) is 0 Å². The molecule has 0 amide bonds. The van der Waals surface area contributed by atoms with Crippen molar-refractivity contribution in [2.45, 2.75) is 13.0 Å². The number of hydrogen-bond donors (Lipinski definition) is 2. The molecule has 6 nitrogen and oxygen atoms in total. The van der Waals surface area contributed by atoms with Crippen LogP contribution >= 0.6 is 0 Å². The zero-order chi connectivity index (χ0) is 10.0. The number of aliphatic hydroxyl groups is 1. The third kappa shape index (κ3) is 1.73. The molecule has 1 atom stereocenters. The van der Waals surface area contributed by atoms with E-state index in [9.17, 15) is 15.2 Å². The maximum Gasteiger partial charge on any atom is 0.316 e. The molecule has 3 N–H and O–H groups in total. The number of rotatable bonds is 2. The zero-order valence-electron chi connectivity index (χ0n) is 6.97. The molecule has 1 unspecified atom stereocenters. The number of nitro groups is 1. The summed E-state index contributed by atoms with van der Waals surface area (Å²) in [6, 6.07) is 1.37. The minimum absolute atomic E-state index is 0.177. The summed E-state index contributed by atoms with van der Waals surface area (Å²) in [7, 11) is 0.